The Bertz CT molecular complexity index is 972. The molecule has 0 atom stereocenters. The zero-order chi connectivity index (χ0) is 30.8. The number of ether oxygens (including phenoxy) is 2. The van der Waals surface area contributed by atoms with Crippen LogP contribution in [0.4, 0.5) is 0 Å². The van der Waals surface area contributed by atoms with Gasteiger partial charge in [-0.2, -0.15) is 0 Å². The quantitative estimate of drug-likeness (QED) is 0.109. The first-order chi connectivity index (χ1) is 20.1. The highest BCUT2D eigenvalue weighted by atomic mass is 16.5. The number of hydrogen-bond acceptors (Lipinski definition) is 4. The largest absolute Gasteiger partial charge is 0.493 e. The summed E-state index contributed by atoms with van der Waals surface area (Å²) in [5.41, 5.74) is 3.67. The summed E-state index contributed by atoms with van der Waals surface area (Å²) in [7, 11) is 0. The highest BCUT2D eigenvalue weighted by Gasteiger charge is 2.17. The number of unbranched alkanes of at least 4 members (excludes halogenated alkanes) is 13. The summed E-state index contributed by atoms with van der Waals surface area (Å²) in [4.78, 5) is 23.0. The van der Waals surface area contributed by atoms with Gasteiger partial charge in [-0.25, -0.2) is 0 Å². The Morgan fingerprint density at radius 3 is 1.02 bits per heavy atom. The second-order valence-electron chi connectivity index (χ2n) is 13.9. The van der Waals surface area contributed by atoms with Crippen LogP contribution in [0.1, 0.15) is 163 Å². The van der Waals surface area contributed by atoms with Crippen LogP contribution in [0.5, 0.6) is 11.5 Å². The van der Waals surface area contributed by atoms with Crippen LogP contribution in [0.2, 0.25) is 0 Å². The zero-order valence-electron chi connectivity index (χ0n) is 27.6. The molecule has 2 rings (SSSR count). The van der Waals surface area contributed by atoms with E-state index in [2.05, 4.69) is 53.7 Å². The van der Waals surface area contributed by atoms with Gasteiger partial charge in [-0.1, -0.05) is 131 Å². The van der Waals surface area contributed by atoms with Crippen LogP contribution in [-0.2, 0) is 10.8 Å². The minimum absolute atomic E-state index is 0.0263. The van der Waals surface area contributed by atoms with Gasteiger partial charge in [0.25, 0.3) is 0 Å². The Morgan fingerprint density at radius 2 is 0.762 bits per heavy atom. The number of benzene rings is 2. The van der Waals surface area contributed by atoms with Crippen molar-refractivity contribution < 1.29 is 19.1 Å². The molecule has 0 heterocycles. The van der Waals surface area contributed by atoms with Crippen LogP contribution in [0.3, 0.4) is 0 Å². The lowest BCUT2D eigenvalue weighted by molar-refractivity contribution is 0.111. The lowest BCUT2D eigenvalue weighted by Crippen LogP contribution is -2.12. The highest BCUT2D eigenvalue weighted by Crippen LogP contribution is 2.28. The maximum absolute atomic E-state index is 11.5. The van der Waals surface area contributed by atoms with E-state index in [0.717, 1.165) is 36.5 Å². The fraction of sp³-hybridized carbons (Fsp3) is 0.632. The fourth-order valence-electron chi connectivity index (χ4n) is 5.17. The lowest BCUT2D eigenvalue weighted by Gasteiger charge is -2.20. The summed E-state index contributed by atoms with van der Waals surface area (Å²) in [6, 6.07) is 11.9. The Balaban J connectivity index is 1.39. The molecule has 0 radical (unpaired) electrons. The Hall–Kier alpha value is -2.62. The van der Waals surface area contributed by atoms with Crippen molar-refractivity contribution in [2.24, 2.45) is 0 Å². The van der Waals surface area contributed by atoms with Crippen LogP contribution in [0.15, 0.2) is 36.4 Å². The van der Waals surface area contributed by atoms with Crippen molar-refractivity contribution in [1.82, 2.24) is 0 Å². The summed E-state index contributed by atoms with van der Waals surface area (Å²) < 4.78 is 11.8. The number of carbonyl (C=O) groups excluding carboxylic acids is 2. The van der Waals surface area contributed by atoms with Crippen molar-refractivity contribution in [2.45, 2.75) is 142 Å². The minimum atomic E-state index is 0.0263. The topological polar surface area (TPSA) is 52.6 Å². The fourth-order valence-corrected chi connectivity index (χ4v) is 5.17. The van der Waals surface area contributed by atoms with E-state index in [1.165, 1.54) is 77.0 Å². The number of hydrogen-bond donors (Lipinski definition) is 0. The third-order valence-electron chi connectivity index (χ3n) is 8.06. The molecule has 4 heteroatoms. The predicted octanol–water partition coefficient (Wildman–Crippen LogP) is 10.8. The van der Waals surface area contributed by atoms with Gasteiger partial charge in [0.15, 0.2) is 12.6 Å². The molecule has 4 nitrogen and oxygen atoms in total. The minimum Gasteiger partial charge on any atom is -0.493 e. The van der Waals surface area contributed by atoms with E-state index in [1.54, 1.807) is 0 Å². The van der Waals surface area contributed by atoms with Gasteiger partial charge in [0.1, 0.15) is 11.5 Å². The van der Waals surface area contributed by atoms with E-state index in [9.17, 15) is 9.59 Å². The van der Waals surface area contributed by atoms with Crippen LogP contribution >= 0.6 is 0 Å². The number of carbonyl (C=O) groups is 2. The summed E-state index contributed by atoms with van der Waals surface area (Å²) in [5, 5.41) is 0. The van der Waals surface area contributed by atoms with E-state index in [4.69, 9.17) is 9.47 Å². The number of rotatable bonds is 21. The first-order valence-corrected chi connectivity index (χ1v) is 16.5. The molecule has 2 aromatic carbocycles. The molecule has 42 heavy (non-hydrogen) atoms. The van der Waals surface area contributed by atoms with E-state index in [0.29, 0.717) is 35.8 Å². The monoisotopic (exact) mass is 578 g/mol. The molecular weight excluding hydrogens is 520 g/mol. The third-order valence-corrected chi connectivity index (χ3v) is 8.06. The van der Waals surface area contributed by atoms with Crippen LogP contribution in [0, 0.1) is 0 Å². The Morgan fingerprint density at radius 1 is 0.476 bits per heavy atom. The maximum atomic E-state index is 11.5. The smallest absolute Gasteiger partial charge is 0.153 e. The molecule has 0 N–H and O–H groups in total. The summed E-state index contributed by atoms with van der Waals surface area (Å²) >= 11 is 0. The molecule has 0 aliphatic rings. The number of aldehydes is 2. The van der Waals surface area contributed by atoms with Gasteiger partial charge in [-0.3, -0.25) is 9.59 Å². The summed E-state index contributed by atoms with van der Waals surface area (Å²) in [6.45, 7) is 14.3. The lowest BCUT2D eigenvalue weighted by atomic mass is 9.86. The molecule has 0 saturated carbocycles. The first kappa shape index (κ1) is 35.6. The van der Waals surface area contributed by atoms with Crippen molar-refractivity contribution >= 4 is 12.6 Å². The first-order valence-electron chi connectivity index (χ1n) is 16.5. The average molecular weight is 579 g/mol. The van der Waals surface area contributed by atoms with Gasteiger partial charge in [0.2, 0.25) is 0 Å². The third kappa shape index (κ3) is 13.6. The van der Waals surface area contributed by atoms with Gasteiger partial charge in [-0.05, 0) is 59.1 Å². The van der Waals surface area contributed by atoms with Crippen molar-refractivity contribution in [1.29, 1.82) is 0 Å². The molecule has 0 unspecified atom stereocenters. The molecule has 0 fully saturated rings. The van der Waals surface area contributed by atoms with Crippen LogP contribution < -0.4 is 9.47 Å². The Kier molecular flexibility index (Phi) is 15.9. The molecule has 0 bridgehead atoms. The van der Waals surface area contributed by atoms with Gasteiger partial charge in [-0.15, -0.1) is 0 Å². The highest BCUT2D eigenvalue weighted by molar-refractivity contribution is 5.80. The van der Waals surface area contributed by atoms with Crippen LogP contribution in [-0.4, -0.2) is 25.8 Å². The summed E-state index contributed by atoms with van der Waals surface area (Å²) in [6.07, 6.45) is 19.4. The molecule has 0 spiro atoms. The molecule has 0 saturated heterocycles. The van der Waals surface area contributed by atoms with Crippen molar-refractivity contribution in [3.05, 3.63) is 58.7 Å². The van der Waals surface area contributed by atoms with E-state index < -0.39 is 0 Å². The van der Waals surface area contributed by atoms with Crippen LogP contribution in [0.25, 0.3) is 0 Å². The zero-order valence-corrected chi connectivity index (χ0v) is 27.6. The SMILES string of the molecule is CC(C)(C)c1ccc(OCCCCCCCCCCCCCCCCOc2ccc(C(C)(C)C)cc2C=O)c(C=O)c1. The van der Waals surface area contributed by atoms with Crippen molar-refractivity contribution in [2.75, 3.05) is 13.2 Å². The van der Waals surface area contributed by atoms with Gasteiger partial charge in [0, 0.05) is 0 Å². The molecule has 234 valence electrons. The molecular formula is C38H58O4. The van der Waals surface area contributed by atoms with Crippen molar-refractivity contribution in [3.8, 4) is 11.5 Å². The molecule has 2 aromatic rings. The molecule has 0 aliphatic carbocycles. The standard InChI is InChI=1S/C38H58O4/c1-37(2,3)33-21-23-35(31(27-33)29-39)41-25-19-17-15-13-11-9-7-8-10-12-14-16-18-20-26-42-36-24-22-34(38(4,5)6)28-32(36)30-40/h21-24,27-30H,7-20,25-26H2,1-6H3. The van der Waals surface area contributed by atoms with Gasteiger partial charge in [0.05, 0.1) is 24.3 Å². The second kappa shape index (κ2) is 18.8. The molecule has 0 aliphatic heterocycles. The maximum Gasteiger partial charge on any atom is 0.153 e. The Labute approximate surface area is 257 Å². The predicted molar refractivity (Wildman–Crippen MR) is 177 cm³/mol. The van der Waals surface area contributed by atoms with E-state index in [-0.39, 0.29) is 10.8 Å². The van der Waals surface area contributed by atoms with Gasteiger partial charge < -0.3 is 9.47 Å². The second-order valence-corrected chi connectivity index (χ2v) is 13.9. The molecule has 0 aromatic heterocycles. The van der Waals surface area contributed by atoms with Crippen molar-refractivity contribution in [3.63, 3.8) is 0 Å². The molecule has 0 amide bonds. The normalized spacial score (nSPS) is 11.9. The van der Waals surface area contributed by atoms with Gasteiger partial charge >= 0.3 is 0 Å². The average Bonchev–Trinajstić information content (AvgIpc) is 2.95. The van der Waals surface area contributed by atoms with E-state index in [1.807, 2.05) is 24.3 Å². The summed E-state index contributed by atoms with van der Waals surface area (Å²) in [5.74, 6) is 1.41. The van der Waals surface area contributed by atoms with E-state index >= 15 is 0 Å².